The first-order valence-corrected chi connectivity index (χ1v) is 11.0. The van der Waals surface area contributed by atoms with E-state index < -0.39 is 5.97 Å². The van der Waals surface area contributed by atoms with Gasteiger partial charge in [0.1, 0.15) is 17.4 Å². The van der Waals surface area contributed by atoms with Crippen LogP contribution >= 0.6 is 11.6 Å². The minimum absolute atomic E-state index is 0.1000. The first kappa shape index (κ1) is 21.4. The number of halogens is 1. The Morgan fingerprint density at radius 3 is 2.73 bits per heavy atom. The predicted molar refractivity (Wildman–Crippen MR) is 129 cm³/mol. The molecular weight excluding hydrogens is 440 g/mol. The standard InChI is InChI=1S/C26H23ClN2O4/c1-29-14-22(33-26-15(12-23(30)31)4-3-7-21(26)29)18-10-16-8-9-32-25(16)20(11-18)19-6-2-5-17(13-28)24(19)27/h2-11,22H,12-14,28H2,1H3,(H,30,31). The highest BCUT2D eigenvalue weighted by Crippen LogP contribution is 2.43. The zero-order valence-corrected chi connectivity index (χ0v) is 18.8. The maximum atomic E-state index is 11.4. The third kappa shape index (κ3) is 3.81. The van der Waals surface area contributed by atoms with Crippen LogP contribution in [0, 0.1) is 0 Å². The molecule has 168 valence electrons. The van der Waals surface area contributed by atoms with E-state index in [0.29, 0.717) is 29.4 Å². The summed E-state index contributed by atoms with van der Waals surface area (Å²) in [6.07, 6.45) is 1.26. The highest BCUT2D eigenvalue weighted by atomic mass is 35.5. The third-order valence-corrected chi connectivity index (χ3v) is 6.51. The lowest BCUT2D eigenvalue weighted by molar-refractivity contribution is -0.136. The Kier molecular flexibility index (Phi) is 5.48. The summed E-state index contributed by atoms with van der Waals surface area (Å²) >= 11 is 6.69. The molecule has 0 spiro atoms. The smallest absolute Gasteiger partial charge is 0.307 e. The number of carboxylic acid groups (broad SMARTS) is 1. The van der Waals surface area contributed by atoms with Gasteiger partial charge in [-0.05, 0) is 35.4 Å². The van der Waals surface area contributed by atoms with Crippen LogP contribution in [0.5, 0.6) is 5.75 Å². The van der Waals surface area contributed by atoms with Gasteiger partial charge in [0, 0.05) is 35.7 Å². The first-order chi connectivity index (χ1) is 16.0. The molecule has 5 rings (SSSR count). The van der Waals surface area contributed by atoms with E-state index in [2.05, 4.69) is 4.90 Å². The number of furan rings is 1. The Morgan fingerprint density at radius 1 is 1.15 bits per heavy atom. The summed E-state index contributed by atoms with van der Waals surface area (Å²) in [6.45, 7) is 0.955. The van der Waals surface area contributed by atoms with Crippen molar-refractivity contribution in [3.63, 3.8) is 0 Å². The molecule has 0 saturated carbocycles. The van der Waals surface area contributed by atoms with Crippen LogP contribution in [-0.4, -0.2) is 24.7 Å². The third-order valence-electron chi connectivity index (χ3n) is 6.06. The number of rotatable bonds is 5. The molecule has 1 atom stereocenters. The lowest BCUT2D eigenvalue weighted by atomic mass is 9.95. The van der Waals surface area contributed by atoms with Crippen LogP contribution in [0.25, 0.3) is 22.1 Å². The van der Waals surface area contributed by atoms with Crippen molar-refractivity contribution in [3.8, 4) is 16.9 Å². The number of benzene rings is 3. The molecule has 4 aromatic rings. The first-order valence-electron chi connectivity index (χ1n) is 10.7. The predicted octanol–water partition coefficient (Wildman–Crippen LogP) is 5.41. The lowest BCUT2D eigenvalue weighted by Crippen LogP contribution is -2.32. The average Bonchev–Trinajstić information content (AvgIpc) is 3.28. The van der Waals surface area contributed by atoms with Crippen LogP contribution in [-0.2, 0) is 17.8 Å². The molecule has 0 bridgehead atoms. The molecule has 0 radical (unpaired) electrons. The molecule has 3 aromatic carbocycles. The average molecular weight is 463 g/mol. The molecule has 1 aromatic heterocycles. The summed E-state index contributed by atoms with van der Waals surface area (Å²) in [6, 6.07) is 17.4. The molecular formula is C26H23ClN2O4. The van der Waals surface area contributed by atoms with Crippen molar-refractivity contribution in [2.24, 2.45) is 5.73 Å². The Bertz CT molecular complexity index is 1360. The van der Waals surface area contributed by atoms with Crippen molar-refractivity contribution in [1.29, 1.82) is 0 Å². The van der Waals surface area contributed by atoms with E-state index in [-0.39, 0.29) is 12.5 Å². The highest BCUT2D eigenvalue weighted by Gasteiger charge is 2.28. The van der Waals surface area contributed by atoms with Gasteiger partial charge in [-0.25, -0.2) is 0 Å². The quantitative estimate of drug-likeness (QED) is 0.412. The summed E-state index contributed by atoms with van der Waals surface area (Å²) in [5.74, 6) is -0.288. The van der Waals surface area contributed by atoms with Gasteiger partial charge < -0.3 is 24.9 Å². The van der Waals surface area contributed by atoms with Gasteiger partial charge in [-0.15, -0.1) is 0 Å². The fourth-order valence-corrected chi connectivity index (χ4v) is 4.75. The number of carbonyl (C=O) groups is 1. The molecule has 0 amide bonds. The van der Waals surface area contributed by atoms with E-state index in [0.717, 1.165) is 38.9 Å². The number of hydrogen-bond acceptors (Lipinski definition) is 5. The summed E-state index contributed by atoms with van der Waals surface area (Å²) in [5.41, 5.74) is 11.7. The number of likely N-dealkylation sites (N-methyl/N-ethyl adjacent to an activating group) is 1. The van der Waals surface area contributed by atoms with Gasteiger partial charge >= 0.3 is 5.97 Å². The molecule has 3 N–H and O–H groups in total. The van der Waals surface area contributed by atoms with Crippen molar-refractivity contribution in [2.45, 2.75) is 19.1 Å². The van der Waals surface area contributed by atoms with Crippen LogP contribution in [0.3, 0.4) is 0 Å². The second-order valence-corrected chi connectivity index (χ2v) is 8.59. The number of para-hydroxylation sites is 1. The normalized spacial score (nSPS) is 15.4. The van der Waals surface area contributed by atoms with Crippen molar-refractivity contribution >= 4 is 34.2 Å². The number of aliphatic carboxylic acids is 1. The van der Waals surface area contributed by atoms with Gasteiger partial charge in [0.15, 0.2) is 0 Å². The van der Waals surface area contributed by atoms with Gasteiger partial charge in [-0.1, -0.05) is 41.9 Å². The van der Waals surface area contributed by atoms with Crippen LogP contribution in [0.2, 0.25) is 5.02 Å². The van der Waals surface area contributed by atoms with E-state index in [4.69, 9.17) is 26.5 Å². The maximum absolute atomic E-state index is 11.4. The second kappa shape index (κ2) is 8.46. The van der Waals surface area contributed by atoms with E-state index >= 15 is 0 Å². The molecule has 0 saturated heterocycles. The van der Waals surface area contributed by atoms with Crippen LogP contribution in [0.1, 0.15) is 22.8 Å². The SMILES string of the molecule is CN1CC(c2cc(-c3cccc(CN)c3Cl)c3occc3c2)Oc2c(CC(=O)O)cccc21. The Hall–Kier alpha value is -3.48. The lowest BCUT2D eigenvalue weighted by Gasteiger charge is -2.35. The number of carboxylic acids is 1. The van der Waals surface area contributed by atoms with Crippen molar-refractivity contribution in [1.82, 2.24) is 0 Å². The maximum Gasteiger partial charge on any atom is 0.307 e. The van der Waals surface area contributed by atoms with Crippen molar-refractivity contribution in [3.05, 3.63) is 82.6 Å². The van der Waals surface area contributed by atoms with E-state index in [1.165, 1.54) is 0 Å². The minimum atomic E-state index is -0.895. The van der Waals surface area contributed by atoms with E-state index in [9.17, 15) is 9.90 Å². The fourth-order valence-electron chi connectivity index (χ4n) is 4.45. The summed E-state index contributed by atoms with van der Waals surface area (Å²) < 4.78 is 12.2. The van der Waals surface area contributed by atoms with Gasteiger partial charge in [0.05, 0.1) is 29.9 Å². The topological polar surface area (TPSA) is 88.9 Å². The van der Waals surface area contributed by atoms with Crippen molar-refractivity contribution < 1.29 is 19.1 Å². The van der Waals surface area contributed by atoms with Crippen LogP contribution in [0.15, 0.2) is 65.3 Å². The molecule has 1 unspecified atom stereocenters. The molecule has 2 heterocycles. The molecule has 33 heavy (non-hydrogen) atoms. The molecule has 6 nitrogen and oxygen atoms in total. The second-order valence-electron chi connectivity index (χ2n) is 8.21. The summed E-state index contributed by atoms with van der Waals surface area (Å²) in [4.78, 5) is 13.5. The summed E-state index contributed by atoms with van der Waals surface area (Å²) in [7, 11) is 1.98. The number of fused-ring (bicyclic) bond motifs is 2. The van der Waals surface area contributed by atoms with Gasteiger partial charge in [0.2, 0.25) is 0 Å². The number of ether oxygens (including phenoxy) is 1. The van der Waals surface area contributed by atoms with E-state index in [1.807, 2.05) is 55.6 Å². The zero-order valence-electron chi connectivity index (χ0n) is 18.0. The van der Waals surface area contributed by atoms with Gasteiger partial charge in [-0.3, -0.25) is 4.79 Å². The largest absolute Gasteiger partial charge is 0.481 e. The molecule has 0 fully saturated rings. The highest BCUT2D eigenvalue weighted by molar-refractivity contribution is 6.34. The number of anilines is 1. The molecule has 1 aliphatic heterocycles. The molecule has 0 aliphatic carbocycles. The van der Waals surface area contributed by atoms with Crippen molar-refractivity contribution in [2.75, 3.05) is 18.5 Å². The zero-order chi connectivity index (χ0) is 23.1. The molecule has 7 heteroatoms. The van der Waals surface area contributed by atoms with E-state index in [1.54, 1.807) is 12.3 Å². The Balaban J connectivity index is 1.62. The minimum Gasteiger partial charge on any atom is -0.481 e. The van der Waals surface area contributed by atoms with Gasteiger partial charge in [0.25, 0.3) is 0 Å². The number of nitrogens with two attached hydrogens (primary N) is 1. The summed E-state index contributed by atoms with van der Waals surface area (Å²) in [5, 5.41) is 10.9. The molecule has 1 aliphatic rings. The van der Waals surface area contributed by atoms with Gasteiger partial charge in [-0.2, -0.15) is 0 Å². The number of nitrogens with zero attached hydrogens (tertiary/aromatic N) is 1. The Labute approximate surface area is 196 Å². The number of hydrogen-bond donors (Lipinski definition) is 2. The van der Waals surface area contributed by atoms with Crippen LogP contribution in [0.4, 0.5) is 5.69 Å². The fraction of sp³-hybridized carbons (Fsp3) is 0.192. The van der Waals surface area contributed by atoms with Crippen LogP contribution < -0.4 is 15.4 Å². The monoisotopic (exact) mass is 462 g/mol. The Morgan fingerprint density at radius 2 is 1.94 bits per heavy atom.